The van der Waals surface area contributed by atoms with Crippen LogP contribution in [0.4, 0.5) is 5.69 Å². The average Bonchev–Trinajstić information content (AvgIpc) is 2.32. The monoisotopic (exact) mass is 286 g/mol. The molecule has 108 valence electrons. The number of methoxy groups -OCH3 is 1. The molecule has 1 aromatic rings. The number of ether oxygens (including phenoxy) is 1. The lowest BCUT2D eigenvalue weighted by atomic mass is 10.2. The fraction of sp³-hybridized carbons (Fsp3) is 0.538. The first-order valence-electron chi connectivity index (χ1n) is 6.17. The van der Waals surface area contributed by atoms with Gasteiger partial charge in [0.15, 0.2) is 0 Å². The third-order valence-corrected chi connectivity index (χ3v) is 5.01. The summed E-state index contributed by atoms with van der Waals surface area (Å²) in [5, 5.41) is 0. The van der Waals surface area contributed by atoms with Gasteiger partial charge in [-0.3, -0.25) is 0 Å². The Morgan fingerprint density at radius 2 is 2.00 bits per heavy atom. The van der Waals surface area contributed by atoms with Crippen LogP contribution in [-0.4, -0.2) is 39.0 Å². The molecular weight excluding hydrogens is 264 g/mol. The van der Waals surface area contributed by atoms with Crippen molar-refractivity contribution in [1.82, 2.24) is 4.31 Å². The van der Waals surface area contributed by atoms with E-state index in [1.54, 1.807) is 32.2 Å². The fourth-order valence-electron chi connectivity index (χ4n) is 1.78. The Bertz CT molecular complexity index is 527. The van der Waals surface area contributed by atoms with Gasteiger partial charge >= 0.3 is 0 Å². The number of nitrogen functional groups attached to an aromatic ring is 1. The summed E-state index contributed by atoms with van der Waals surface area (Å²) in [6, 6.07) is 4.64. The van der Waals surface area contributed by atoms with Gasteiger partial charge in [0.25, 0.3) is 0 Å². The van der Waals surface area contributed by atoms with Crippen LogP contribution in [0.25, 0.3) is 0 Å². The first-order valence-corrected chi connectivity index (χ1v) is 7.61. The van der Waals surface area contributed by atoms with E-state index in [4.69, 9.17) is 10.5 Å². The molecule has 0 unspecified atom stereocenters. The topological polar surface area (TPSA) is 72.6 Å². The van der Waals surface area contributed by atoms with Crippen molar-refractivity contribution in [3.8, 4) is 0 Å². The Morgan fingerprint density at radius 1 is 1.37 bits per heavy atom. The largest absolute Gasteiger partial charge is 0.399 e. The van der Waals surface area contributed by atoms with Gasteiger partial charge in [-0.15, -0.1) is 0 Å². The highest BCUT2D eigenvalue weighted by atomic mass is 32.2. The SMILES string of the molecule is COCCN(C(C)C)S(=O)(=O)c1ccc(N)c(C)c1. The number of anilines is 1. The lowest BCUT2D eigenvalue weighted by Gasteiger charge is -2.25. The molecule has 19 heavy (non-hydrogen) atoms. The van der Waals surface area contributed by atoms with Gasteiger partial charge in [-0.1, -0.05) is 0 Å². The van der Waals surface area contributed by atoms with Crippen molar-refractivity contribution in [2.45, 2.75) is 31.7 Å². The van der Waals surface area contributed by atoms with Crippen LogP contribution >= 0.6 is 0 Å². The molecule has 6 heteroatoms. The molecule has 2 N–H and O–H groups in total. The first-order chi connectivity index (χ1) is 8.80. The van der Waals surface area contributed by atoms with Crippen LogP contribution in [-0.2, 0) is 14.8 Å². The second-order valence-electron chi connectivity index (χ2n) is 4.72. The van der Waals surface area contributed by atoms with Gasteiger partial charge in [0.1, 0.15) is 0 Å². The standard InChI is InChI=1S/C13H22N2O3S/c1-10(2)15(7-8-18-4)19(16,17)12-5-6-13(14)11(3)9-12/h5-6,9-10H,7-8,14H2,1-4H3. The van der Waals surface area contributed by atoms with E-state index >= 15 is 0 Å². The van der Waals surface area contributed by atoms with Gasteiger partial charge < -0.3 is 10.5 Å². The predicted octanol–water partition coefficient (Wildman–Crippen LogP) is 1.62. The Labute approximate surface area is 115 Å². The zero-order valence-corrected chi connectivity index (χ0v) is 12.7. The fourth-order valence-corrected chi connectivity index (χ4v) is 3.49. The van der Waals surface area contributed by atoms with E-state index in [1.165, 1.54) is 4.31 Å². The van der Waals surface area contributed by atoms with Gasteiger partial charge in [0.2, 0.25) is 10.0 Å². The highest BCUT2D eigenvalue weighted by molar-refractivity contribution is 7.89. The summed E-state index contributed by atoms with van der Waals surface area (Å²) in [6.45, 7) is 6.18. The highest BCUT2D eigenvalue weighted by Crippen LogP contribution is 2.21. The van der Waals surface area contributed by atoms with Crippen molar-refractivity contribution in [3.63, 3.8) is 0 Å². The molecule has 5 nitrogen and oxygen atoms in total. The molecule has 0 radical (unpaired) electrons. The summed E-state index contributed by atoms with van der Waals surface area (Å²) >= 11 is 0. The second-order valence-corrected chi connectivity index (χ2v) is 6.61. The third-order valence-electron chi connectivity index (χ3n) is 2.94. The van der Waals surface area contributed by atoms with E-state index in [9.17, 15) is 8.42 Å². The van der Waals surface area contributed by atoms with Gasteiger partial charge in [0, 0.05) is 25.4 Å². The number of aryl methyl sites for hydroxylation is 1. The number of nitrogens with two attached hydrogens (primary N) is 1. The summed E-state index contributed by atoms with van der Waals surface area (Å²) < 4.78 is 31.5. The maximum absolute atomic E-state index is 12.6. The number of hydrogen-bond acceptors (Lipinski definition) is 4. The van der Waals surface area contributed by atoms with Gasteiger partial charge in [-0.2, -0.15) is 4.31 Å². The van der Waals surface area contributed by atoms with Crippen molar-refractivity contribution < 1.29 is 13.2 Å². The minimum atomic E-state index is -3.51. The molecule has 0 aliphatic rings. The van der Waals surface area contributed by atoms with E-state index in [0.29, 0.717) is 18.8 Å². The minimum Gasteiger partial charge on any atom is -0.399 e. The van der Waals surface area contributed by atoms with Crippen molar-refractivity contribution in [2.24, 2.45) is 0 Å². The summed E-state index contributed by atoms with van der Waals surface area (Å²) in [6.07, 6.45) is 0. The molecule has 0 aromatic heterocycles. The van der Waals surface area contributed by atoms with E-state index in [0.717, 1.165) is 5.56 Å². The van der Waals surface area contributed by atoms with Crippen LogP contribution in [0.3, 0.4) is 0 Å². The van der Waals surface area contributed by atoms with E-state index in [2.05, 4.69) is 0 Å². The molecule has 0 amide bonds. The van der Waals surface area contributed by atoms with Crippen molar-refractivity contribution in [1.29, 1.82) is 0 Å². The second kappa shape index (κ2) is 6.36. The zero-order valence-electron chi connectivity index (χ0n) is 11.9. The Kier molecular flexibility index (Phi) is 5.34. The first kappa shape index (κ1) is 15.9. The van der Waals surface area contributed by atoms with Crippen LogP contribution in [0.2, 0.25) is 0 Å². The lowest BCUT2D eigenvalue weighted by Crippen LogP contribution is -2.39. The lowest BCUT2D eigenvalue weighted by molar-refractivity contribution is 0.171. The van der Waals surface area contributed by atoms with Crippen LogP contribution < -0.4 is 5.73 Å². The quantitative estimate of drug-likeness (QED) is 0.807. The summed E-state index contributed by atoms with van der Waals surface area (Å²) in [7, 11) is -1.96. The summed E-state index contributed by atoms with van der Waals surface area (Å²) in [4.78, 5) is 0.268. The zero-order chi connectivity index (χ0) is 14.6. The normalized spacial score (nSPS) is 12.3. The predicted molar refractivity (Wildman–Crippen MR) is 76.5 cm³/mol. The number of sulfonamides is 1. The van der Waals surface area contributed by atoms with E-state index in [-0.39, 0.29) is 10.9 Å². The van der Waals surface area contributed by atoms with E-state index in [1.807, 2.05) is 13.8 Å². The highest BCUT2D eigenvalue weighted by Gasteiger charge is 2.26. The molecule has 0 saturated carbocycles. The van der Waals surface area contributed by atoms with Gasteiger partial charge in [-0.25, -0.2) is 8.42 Å². The smallest absolute Gasteiger partial charge is 0.243 e. The van der Waals surface area contributed by atoms with Crippen molar-refractivity contribution in [2.75, 3.05) is 26.0 Å². The Balaban J connectivity index is 3.15. The third kappa shape index (κ3) is 3.68. The summed E-state index contributed by atoms with van der Waals surface area (Å²) in [5.41, 5.74) is 7.07. The molecule has 0 spiro atoms. The van der Waals surface area contributed by atoms with Crippen LogP contribution in [0, 0.1) is 6.92 Å². The van der Waals surface area contributed by atoms with Gasteiger partial charge in [-0.05, 0) is 44.5 Å². The Hall–Kier alpha value is -1.11. The minimum absolute atomic E-state index is 0.127. The average molecular weight is 286 g/mol. The number of benzene rings is 1. The number of hydrogen-bond donors (Lipinski definition) is 1. The number of nitrogens with zero attached hydrogens (tertiary/aromatic N) is 1. The molecule has 0 fully saturated rings. The molecule has 0 aliphatic heterocycles. The molecule has 1 aromatic carbocycles. The molecule has 0 atom stereocenters. The summed E-state index contributed by atoms with van der Waals surface area (Å²) in [5.74, 6) is 0. The van der Waals surface area contributed by atoms with Crippen LogP contribution in [0.15, 0.2) is 23.1 Å². The van der Waals surface area contributed by atoms with Crippen LogP contribution in [0.5, 0.6) is 0 Å². The van der Waals surface area contributed by atoms with Gasteiger partial charge in [0.05, 0.1) is 11.5 Å². The molecule has 1 rings (SSSR count). The van der Waals surface area contributed by atoms with Crippen LogP contribution in [0.1, 0.15) is 19.4 Å². The molecule has 0 bridgehead atoms. The maximum atomic E-state index is 12.6. The van der Waals surface area contributed by atoms with Crippen molar-refractivity contribution >= 4 is 15.7 Å². The van der Waals surface area contributed by atoms with Crippen molar-refractivity contribution in [3.05, 3.63) is 23.8 Å². The Morgan fingerprint density at radius 3 is 2.47 bits per heavy atom. The van der Waals surface area contributed by atoms with E-state index < -0.39 is 10.0 Å². The maximum Gasteiger partial charge on any atom is 0.243 e. The molecule has 0 heterocycles. The molecular formula is C13H22N2O3S. The molecule has 0 aliphatic carbocycles. The molecule has 0 saturated heterocycles. The number of rotatable bonds is 6.